The van der Waals surface area contributed by atoms with Crippen molar-refractivity contribution in [1.29, 1.82) is 0 Å². The third-order valence-corrected chi connectivity index (χ3v) is 4.87. The van der Waals surface area contributed by atoms with E-state index in [0.29, 0.717) is 5.69 Å². The van der Waals surface area contributed by atoms with Crippen molar-refractivity contribution >= 4 is 21.7 Å². The van der Waals surface area contributed by atoms with E-state index in [4.69, 9.17) is 0 Å². The molecule has 0 saturated heterocycles. The summed E-state index contributed by atoms with van der Waals surface area (Å²) in [5.41, 5.74) is 0.496. The number of para-hydroxylation sites is 1. The normalized spacial score (nSPS) is 22.4. The molecule has 0 bridgehead atoms. The molecule has 0 amide bonds. The molecule has 6 nitrogen and oxygen atoms in total. The summed E-state index contributed by atoms with van der Waals surface area (Å²) in [5, 5.41) is 2.95. The van der Waals surface area contributed by atoms with Crippen LogP contribution >= 0.6 is 0 Å². The second kappa shape index (κ2) is 4.58. The number of methoxy groups -OCH3 is 1. The topological polar surface area (TPSA) is 75.7 Å². The standard InChI is InChI=1S/C11H14N2O4S/c1-13-9(11(14)17-2)7-12-8-5-3-4-6-10(8)18(13,15)16/h3-6,9,12H,7H2,1-2H3. The second-order valence-corrected chi connectivity index (χ2v) is 5.90. The van der Waals surface area contributed by atoms with Gasteiger partial charge in [-0.05, 0) is 12.1 Å². The van der Waals surface area contributed by atoms with Crippen LogP contribution in [0.1, 0.15) is 0 Å². The molecule has 0 aromatic heterocycles. The van der Waals surface area contributed by atoms with Crippen LogP contribution in [0.25, 0.3) is 0 Å². The van der Waals surface area contributed by atoms with Crippen molar-refractivity contribution in [2.75, 3.05) is 26.0 Å². The van der Waals surface area contributed by atoms with Gasteiger partial charge in [-0.3, -0.25) is 4.79 Å². The molecule has 1 unspecified atom stereocenters. The van der Waals surface area contributed by atoms with Gasteiger partial charge in [0.1, 0.15) is 10.9 Å². The third kappa shape index (κ3) is 1.95. The lowest BCUT2D eigenvalue weighted by Gasteiger charge is -2.22. The van der Waals surface area contributed by atoms with Gasteiger partial charge in [0.05, 0.1) is 12.8 Å². The van der Waals surface area contributed by atoms with Gasteiger partial charge in [0.25, 0.3) is 0 Å². The minimum absolute atomic E-state index is 0.166. The number of likely N-dealkylation sites (N-methyl/N-ethyl adjacent to an activating group) is 1. The van der Waals surface area contributed by atoms with Crippen LogP contribution in [0.4, 0.5) is 5.69 Å². The van der Waals surface area contributed by atoms with E-state index in [1.54, 1.807) is 18.2 Å². The molecular weight excluding hydrogens is 256 g/mol. The van der Waals surface area contributed by atoms with Gasteiger partial charge in [-0.15, -0.1) is 0 Å². The van der Waals surface area contributed by atoms with Gasteiger partial charge in [0.2, 0.25) is 10.0 Å². The lowest BCUT2D eigenvalue weighted by atomic mass is 10.2. The van der Waals surface area contributed by atoms with Crippen molar-refractivity contribution in [1.82, 2.24) is 4.31 Å². The molecule has 2 rings (SSSR count). The quantitative estimate of drug-likeness (QED) is 0.742. The third-order valence-electron chi connectivity index (χ3n) is 2.94. The number of nitrogens with one attached hydrogen (secondary N) is 1. The number of sulfonamides is 1. The fourth-order valence-corrected chi connectivity index (χ4v) is 3.34. The molecule has 0 aliphatic carbocycles. The van der Waals surface area contributed by atoms with Gasteiger partial charge in [-0.1, -0.05) is 12.1 Å². The average Bonchev–Trinajstić information content (AvgIpc) is 2.47. The molecule has 7 heteroatoms. The Morgan fingerprint density at radius 3 is 2.78 bits per heavy atom. The zero-order valence-electron chi connectivity index (χ0n) is 10.1. The van der Waals surface area contributed by atoms with Gasteiger partial charge < -0.3 is 10.1 Å². The number of hydrogen-bond acceptors (Lipinski definition) is 5. The van der Waals surface area contributed by atoms with E-state index in [2.05, 4.69) is 10.1 Å². The van der Waals surface area contributed by atoms with E-state index in [9.17, 15) is 13.2 Å². The SMILES string of the molecule is COC(=O)C1CNc2ccccc2S(=O)(=O)N1C. The zero-order chi connectivity index (χ0) is 13.3. The summed E-state index contributed by atoms with van der Waals surface area (Å²) in [6.45, 7) is 0.180. The summed E-state index contributed by atoms with van der Waals surface area (Å²) >= 11 is 0. The van der Waals surface area contributed by atoms with Crippen molar-refractivity contribution in [2.45, 2.75) is 10.9 Å². The summed E-state index contributed by atoms with van der Waals surface area (Å²) in [7, 11) is -1.08. The van der Waals surface area contributed by atoms with E-state index >= 15 is 0 Å². The predicted molar refractivity (Wildman–Crippen MR) is 65.7 cm³/mol. The van der Waals surface area contributed by atoms with Gasteiger partial charge in [0, 0.05) is 13.6 Å². The lowest BCUT2D eigenvalue weighted by Crippen LogP contribution is -2.45. The Morgan fingerprint density at radius 1 is 1.44 bits per heavy atom. The molecule has 1 aliphatic rings. The molecule has 1 N–H and O–H groups in total. The van der Waals surface area contributed by atoms with Crippen molar-refractivity contribution in [2.24, 2.45) is 0 Å². The molecule has 1 aromatic rings. The van der Waals surface area contributed by atoms with Crippen LogP contribution in [0.3, 0.4) is 0 Å². The minimum Gasteiger partial charge on any atom is -0.468 e. The molecule has 1 atom stereocenters. The molecule has 0 radical (unpaired) electrons. The van der Waals surface area contributed by atoms with Gasteiger partial charge in [-0.2, -0.15) is 4.31 Å². The molecule has 1 heterocycles. The van der Waals surface area contributed by atoms with Crippen LogP contribution in [0.2, 0.25) is 0 Å². The molecule has 1 aliphatic heterocycles. The monoisotopic (exact) mass is 270 g/mol. The molecular formula is C11H14N2O4S. The highest BCUT2D eigenvalue weighted by Gasteiger charge is 2.37. The summed E-state index contributed by atoms with van der Waals surface area (Å²) in [4.78, 5) is 11.8. The largest absolute Gasteiger partial charge is 0.468 e. The molecule has 18 heavy (non-hydrogen) atoms. The highest BCUT2D eigenvalue weighted by molar-refractivity contribution is 7.89. The van der Waals surface area contributed by atoms with E-state index in [-0.39, 0.29) is 11.4 Å². The summed E-state index contributed by atoms with van der Waals surface area (Å²) in [6, 6.07) is 5.69. The van der Waals surface area contributed by atoms with E-state index < -0.39 is 22.0 Å². The number of fused-ring (bicyclic) bond motifs is 1. The van der Waals surface area contributed by atoms with E-state index in [0.717, 1.165) is 4.31 Å². The molecule has 0 spiro atoms. The van der Waals surface area contributed by atoms with Crippen LogP contribution < -0.4 is 5.32 Å². The summed E-state index contributed by atoms with van der Waals surface area (Å²) < 4.78 is 30.3. The Morgan fingerprint density at radius 2 is 2.11 bits per heavy atom. The first kappa shape index (κ1) is 12.8. The summed E-state index contributed by atoms with van der Waals surface area (Å²) in [5.74, 6) is -0.582. The van der Waals surface area contributed by atoms with Gasteiger partial charge >= 0.3 is 5.97 Å². The number of hydrogen-bond donors (Lipinski definition) is 1. The molecule has 0 fully saturated rings. The van der Waals surface area contributed by atoms with Crippen LogP contribution in [-0.2, 0) is 19.6 Å². The molecule has 1 aromatic carbocycles. The van der Waals surface area contributed by atoms with Crippen molar-refractivity contribution in [3.05, 3.63) is 24.3 Å². The van der Waals surface area contributed by atoms with E-state index in [1.165, 1.54) is 20.2 Å². The maximum absolute atomic E-state index is 12.3. The number of anilines is 1. The maximum Gasteiger partial charge on any atom is 0.326 e. The van der Waals surface area contributed by atoms with Crippen LogP contribution in [0.5, 0.6) is 0 Å². The minimum atomic E-state index is -3.69. The first-order valence-corrected chi connectivity index (χ1v) is 6.81. The predicted octanol–water partition coefficient (Wildman–Crippen LogP) is 0.274. The zero-order valence-corrected chi connectivity index (χ0v) is 10.9. The maximum atomic E-state index is 12.3. The Balaban J connectivity index is 2.51. The van der Waals surface area contributed by atoms with Crippen molar-refractivity contribution in [3.8, 4) is 0 Å². The number of carbonyl (C=O) groups is 1. The second-order valence-electron chi connectivity index (χ2n) is 3.94. The molecule has 0 saturated carbocycles. The van der Waals surface area contributed by atoms with Crippen LogP contribution in [-0.4, -0.2) is 45.4 Å². The number of rotatable bonds is 1. The van der Waals surface area contributed by atoms with Gasteiger partial charge in [0.15, 0.2) is 0 Å². The molecule has 98 valence electrons. The van der Waals surface area contributed by atoms with Gasteiger partial charge in [-0.25, -0.2) is 8.42 Å². The average molecular weight is 270 g/mol. The Kier molecular flexibility index (Phi) is 3.27. The first-order chi connectivity index (χ1) is 8.48. The lowest BCUT2D eigenvalue weighted by molar-refractivity contribution is -0.144. The fourth-order valence-electron chi connectivity index (χ4n) is 1.86. The summed E-state index contributed by atoms with van der Waals surface area (Å²) in [6.07, 6.45) is 0. The van der Waals surface area contributed by atoms with E-state index in [1.807, 2.05) is 0 Å². The number of esters is 1. The Labute approximate surface area is 106 Å². The highest BCUT2D eigenvalue weighted by Crippen LogP contribution is 2.28. The Bertz CT molecular complexity index is 570. The smallest absolute Gasteiger partial charge is 0.326 e. The number of ether oxygens (including phenoxy) is 1. The fraction of sp³-hybridized carbons (Fsp3) is 0.364. The van der Waals surface area contributed by atoms with Crippen LogP contribution in [0.15, 0.2) is 29.2 Å². The number of nitrogens with zero attached hydrogens (tertiary/aromatic N) is 1. The highest BCUT2D eigenvalue weighted by atomic mass is 32.2. The Hall–Kier alpha value is -1.60. The van der Waals surface area contributed by atoms with Crippen molar-refractivity contribution in [3.63, 3.8) is 0 Å². The number of carbonyl (C=O) groups excluding carboxylic acids is 1. The first-order valence-electron chi connectivity index (χ1n) is 5.37. The number of benzene rings is 1. The van der Waals surface area contributed by atoms with Crippen LogP contribution in [0, 0.1) is 0 Å². The van der Waals surface area contributed by atoms with Crippen molar-refractivity contribution < 1.29 is 17.9 Å².